The lowest BCUT2D eigenvalue weighted by molar-refractivity contribution is -0.114. The number of rotatable bonds is 4. The molecule has 0 spiro atoms. The molecule has 0 saturated carbocycles. The Labute approximate surface area is 128 Å². The van der Waals surface area contributed by atoms with Crippen molar-refractivity contribution in [1.82, 2.24) is 0 Å². The molecule has 0 radical (unpaired) electrons. The summed E-state index contributed by atoms with van der Waals surface area (Å²) in [4.78, 5) is 34.4. The minimum atomic E-state index is -0.282. The first kappa shape index (κ1) is 15.4. The molecule has 22 heavy (non-hydrogen) atoms. The summed E-state index contributed by atoms with van der Waals surface area (Å²) in [7, 11) is 0. The van der Waals surface area contributed by atoms with Gasteiger partial charge in [-0.05, 0) is 43.3 Å². The molecule has 0 heterocycles. The van der Waals surface area contributed by atoms with E-state index in [1.165, 1.54) is 13.8 Å². The van der Waals surface area contributed by atoms with Crippen molar-refractivity contribution >= 4 is 29.0 Å². The van der Waals surface area contributed by atoms with Gasteiger partial charge in [-0.3, -0.25) is 14.4 Å². The fraction of sp³-hybridized carbons (Fsp3) is 0.118. The zero-order valence-corrected chi connectivity index (χ0v) is 12.3. The van der Waals surface area contributed by atoms with E-state index in [0.29, 0.717) is 22.5 Å². The number of Topliss-reactive ketones (excluding diaryl/α,β-unsaturated/α-hetero) is 1. The third-order valence-corrected chi connectivity index (χ3v) is 2.99. The summed E-state index contributed by atoms with van der Waals surface area (Å²) in [5.41, 5.74) is 2.19. The summed E-state index contributed by atoms with van der Waals surface area (Å²) in [5.74, 6) is -0.510. The van der Waals surface area contributed by atoms with Crippen molar-refractivity contribution in [2.75, 3.05) is 10.6 Å². The molecule has 112 valence electrons. The lowest BCUT2D eigenvalue weighted by Gasteiger charge is -2.07. The summed E-state index contributed by atoms with van der Waals surface area (Å²) in [6.45, 7) is 2.89. The Morgan fingerprint density at radius 2 is 1.45 bits per heavy atom. The molecule has 0 unspecified atom stereocenters. The zero-order valence-electron chi connectivity index (χ0n) is 12.3. The van der Waals surface area contributed by atoms with Crippen molar-refractivity contribution in [2.24, 2.45) is 0 Å². The number of nitrogens with one attached hydrogen (secondary N) is 2. The maximum atomic E-state index is 12.1. The second kappa shape index (κ2) is 6.67. The van der Waals surface area contributed by atoms with Gasteiger partial charge in [0.05, 0.1) is 0 Å². The van der Waals surface area contributed by atoms with Crippen LogP contribution < -0.4 is 10.6 Å². The van der Waals surface area contributed by atoms with Gasteiger partial charge in [-0.15, -0.1) is 0 Å². The summed E-state index contributed by atoms with van der Waals surface area (Å²) in [5, 5.41) is 5.37. The van der Waals surface area contributed by atoms with Gasteiger partial charge in [0.25, 0.3) is 5.91 Å². The Morgan fingerprint density at radius 3 is 2.05 bits per heavy atom. The maximum Gasteiger partial charge on any atom is 0.255 e. The highest BCUT2D eigenvalue weighted by Gasteiger charge is 2.07. The third kappa shape index (κ3) is 4.02. The molecule has 0 aliphatic heterocycles. The van der Waals surface area contributed by atoms with E-state index in [2.05, 4.69) is 10.6 Å². The van der Waals surface area contributed by atoms with Crippen LogP contribution in [0.3, 0.4) is 0 Å². The molecule has 0 atom stereocenters. The fourth-order valence-electron chi connectivity index (χ4n) is 1.93. The smallest absolute Gasteiger partial charge is 0.255 e. The molecule has 0 fully saturated rings. The van der Waals surface area contributed by atoms with E-state index < -0.39 is 0 Å². The van der Waals surface area contributed by atoms with E-state index in [-0.39, 0.29) is 17.6 Å². The summed E-state index contributed by atoms with van der Waals surface area (Å²) in [6, 6.07) is 13.3. The molecule has 5 nitrogen and oxygen atoms in total. The second-order valence-electron chi connectivity index (χ2n) is 4.85. The van der Waals surface area contributed by atoms with Crippen molar-refractivity contribution < 1.29 is 14.4 Å². The van der Waals surface area contributed by atoms with E-state index in [9.17, 15) is 14.4 Å². The van der Waals surface area contributed by atoms with Crippen LogP contribution in [0.1, 0.15) is 34.6 Å². The van der Waals surface area contributed by atoms with Crippen LogP contribution in [0.4, 0.5) is 11.4 Å². The largest absolute Gasteiger partial charge is 0.326 e. The van der Waals surface area contributed by atoms with Crippen molar-refractivity contribution in [3.63, 3.8) is 0 Å². The highest BCUT2D eigenvalue weighted by atomic mass is 16.2. The van der Waals surface area contributed by atoms with E-state index in [0.717, 1.165) is 0 Å². The lowest BCUT2D eigenvalue weighted by Crippen LogP contribution is -2.12. The van der Waals surface area contributed by atoms with Gasteiger partial charge < -0.3 is 10.6 Å². The van der Waals surface area contributed by atoms with Crippen LogP contribution in [0.15, 0.2) is 48.5 Å². The molecule has 0 aromatic heterocycles. The summed E-state index contributed by atoms with van der Waals surface area (Å²) >= 11 is 0. The molecule has 0 bridgehead atoms. The van der Waals surface area contributed by atoms with Crippen molar-refractivity contribution in [3.8, 4) is 0 Å². The van der Waals surface area contributed by atoms with Crippen LogP contribution in [0.2, 0.25) is 0 Å². The van der Waals surface area contributed by atoms with E-state index in [1.54, 1.807) is 48.5 Å². The summed E-state index contributed by atoms with van der Waals surface area (Å²) < 4.78 is 0. The fourth-order valence-corrected chi connectivity index (χ4v) is 1.93. The Hall–Kier alpha value is -2.95. The average molecular weight is 296 g/mol. The van der Waals surface area contributed by atoms with Crippen LogP contribution in [0, 0.1) is 0 Å². The number of hydrogen-bond donors (Lipinski definition) is 2. The Balaban J connectivity index is 2.10. The van der Waals surface area contributed by atoms with Crippen LogP contribution in [0.5, 0.6) is 0 Å². The monoisotopic (exact) mass is 296 g/mol. The average Bonchev–Trinajstić information content (AvgIpc) is 2.47. The van der Waals surface area contributed by atoms with Gasteiger partial charge in [0.1, 0.15) is 0 Å². The first-order chi connectivity index (χ1) is 10.5. The highest BCUT2D eigenvalue weighted by Crippen LogP contribution is 2.14. The molecular formula is C17H16N2O3. The highest BCUT2D eigenvalue weighted by molar-refractivity contribution is 6.05. The van der Waals surface area contributed by atoms with Crippen LogP contribution >= 0.6 is 0 Å². The van der Waals surface area contributed by atoms with Gasteiger partial charge in [0, 0.05) is 29.4 Å². The van der Waals surface area contributed by atoms with E-state index in [1.807, 2.05) is 0 Å². The molecule has 0 aliphatic rings. The third-order valence-electron chi connectivity index (χ3n) is 2.99. The predicted molar refractivity (Wildman–Crippen MR) is 85.1 cm³/mol. The number of amides is 2. The quantitative estimate of drug-likeness (QED) is 0.851. The Morgan fingerprint density at radius 1 is 0.773 bits per heavy atom. The molecule has 2 N–H and O–H groups in total. The second-order valence-corrected chi connectivity index (χ2v) is 4.85. The number of carbonyl (C=O) groups is 3. The van der Waals surface area contributed by atoms with Gasteiger partial charge in [-0.25, -0.2) is 0 Å². The molecule has 2 aromatic rings. The Bertz CT molecular complexity index is 721. The molecule has 2 aromatic carbocycles. The zero-order chi connectivity index (χ0) is 16.1. The summed E-state index contributed by atoms with van der Waals surface area (Å²) in [6.07, 6.45) is 0. The number of hydrogen-bond acceptors (Lipinski definition) is 3. The number of anilines is 2. The van der Waals surface area contributed by atoms with Gasteiger partial charge in [0.2, 0.25) is 5.91 Å². The first-order valence-corrected chi connectivity index (χ1v) is 6.76. The molecule has 0 aliphatic carbocycles. The van der Waals surface area contributed by atoms with Crippen molar-refractivity contribution in [2.45, 2.75) is 13.8 Å². The van der Waals surface area contributed by atoms with Crippen molar-refractivity contribution in [1.29, 1.82) is 0 Å². The molecule has 2 amide bonds. The number of benzene rings is 2. The van der Waals surface area contributed by atoms with Gasteiger partial charge >= 0.3 is 0 Å². The topological polar surface area (TPSA) is 75.3 Å². The van der Waals surface area contributed by atoms with E-state index in [4.69, 9.17) is 0 Å². The van der Waals surface area contributed by atoms with Gasteiger partial charge in [0.15, 0.2) is 5.78 Å². The van der Waals surface area contributed by atoms with Crippen LogP contribution in [0.25, 0.3) is 0 Å². The normalized spacial score (nSPS) is 9.91. The first-order valence-electron chi connectivity index (χ1n) is 6.76. The lowest BCUT2D eigenvalue weighted by atomic mass is 10.1. The minimum absolute atomic E-state index is 0.0595. The van der Waals surface area contributed by atoms with Crippen LogP contribution in [-0.4, -0.2) is 17.6 Å². The molecule has 2 rings (SSSR count). The predicted octanol–water partition coefficient (Wildman–Crippen LogP) is 3.10. The van der Waals surface area contributed by atoms with E-state index >= 15 is 0 Å². The standard InChI is InChI=1S/C17H16N2O3/c1-11(20)14-4-3-5-16(10-14)19-17(22)13-6-8-15(9-7-13)18-12(2)21/h3-10H,1-2H3,(H,18,21)(H,19,22). The van der Waals surface area contributed by atoms with Gasteiger partial charge in [-0.2, -0.15) is 0 Å². The molecule has 0 saturated heterocycles. The molecule has 5 heteroatoms. The number of carbonyl (C=O) groups excluding carboxylic acids is 3. The molecular weight excluding hydrogens is 280 g/mol. The minimum Gasteiger partial charge on any atom is -0.326 e. The van der Waals surface area contributed by atoms with Crippen molar-refractivity contribution in [3.05, 3.63) is 59.7 Å². The van der Waals surface area contributed by atoms with Crippen LogP contribution in [-0.2, 0) is 4.79 Å². The number of ketones is 1. The SMILES string of the molecule is CC(=O)Nc1ccc(C(=O)Nc2cccc(C(C)=O)c2)cc1. The maximum absolute atomic E-state index is 12.1. The van der Waals surface area contributed by atoms with Gasteiger partial charge in [-0.1, -0.05) is 12.1 Å². The Kier molecular flexibility index (Phi) is 4.68.